The summed E-state index contributed by atoms with van der Waals surface area (Å²) >= 11 is 0. The van der Waals surface area contributed by atoms with Crippen LogP contribution in [0.4, 0.5) is 0 Å². The fourth-order valence-electron chi connectivity index (χ4n) is 8.35. The summed E-state index contributed by atoms with van der Waals surface area (Å²) in [5, 5.41) is 31.4. The van der Waals surface area contributed by atoms with Gasteiger partial charge in [-0.3, -0.25) is 14.4 Å². The maximum atomic E-state index is 13.1. The molecule has 0 aliphatic carbocycles. The number of carbonyl (C=O) groups is 4. The molecule has 0 amide bonds. The van der Waals surface area contributed by atoms with Gasteiger partial charge in [-0.1, -0.05) is 216 Å². The largest absolute Gasteiger partial charge is 0.479 e. The molecule has 1 rings (SSSR count). The minimum Gasteiger partial charge on any atom is -0.479 e. The number of carboxylic acid groups (broad SMARTS) is 1. The molecule has 0 spiro atoms. The summed E-state index contributed by atoms with van der Waals surface area (Å²) in [6.07, 6.45) is 48.9. The summed E-state index contributed by atoms with van der Waals surface area (Å²) in [4.78, 5) is 51.0. The predicted octanol–water partition coefficient (Wildman–Crippen LogP) is 14.6. The van der Waals surface area contributed by atoms with Gasteiger partial charge in [0.05, 0.1) is 6.61 Å². The molecule has 6 unspecified atom stereocenters. The highest BCUT2D eigenvalue weighted by atomic mass is 16.7. The third kappa shape index (κ3) is 39.3. The molecule has 418 valence electrons. The zero-order chi connectivity index (χ0) is 53.3. The Balaban J connectivity index is 2.73. The van der Waals surface area contributed by atoms with Crippen molar-refractivity contribution in [1.82, 2.24) is 0 Å². The van der Waals surface area contributed by atoms with Crippen LogP contribution in [0.5, 0.6) is 0 Å². The number of aliphatic hydroxyl groups is 2. The van der Waals surface area contributed by atoms with Crippen LogP contribution in [0.15, 0.2) is 72.9 Å². The monoisotopic (exact) mass is 1030 g/mol. The average Bonchev–Trinajstić information content (AvgIpc) is 3.37. The molecule has 1 aliphatic rings. The van der Waals surface area contributed by atoms with Crippen LogP contribution in [0.25, 0.3) is 0 Å². The fraction of sp³-hybridized carbons (Fsp3) is 0.738. The van der Waals surface area contributed by atoms with Crippen LogP contribution in [-0.4, -0.2) is 89.2 Å². The Kier molecular flexibility index (Phi) is 45.1. The first-order valence-electron chi connectivity index (χ1n) is 28.9. The molecule has 0 radical (unpaired) electrons. The molecule has 0 aromatic heterocycles. The smallest absolute Gasteiger partial charge is 0.335 e. The van der Waals surface area contributed by atoms with Gasteiger partial charge in [0.2, 0.25) is 0 Å². The molecule has 3 N–H and O–H groups in total. The maximum absolute atomic E-state index is 13.1. The number of unbranched alkanes of at least 4 members (excludes halogenated alkanes) is 22. The van der Waals surface area contributed by atoms with Crippen LogP contribution in [0.3, 0.4) is 0 Å². The topological polar surface area (TPSA) is 175 Å². The molecule has 1 aliphatic heterocycles. The van der Waals surface area contributed by atoms with Gasteiger partial charge in [-0.05, 0) is 77.0 Å². The molecule has 1 fully saturated rings. The normalized spacial score (nSPS) is 18.8. The average molecular weight is 1030 g/mol. The van der Waals surface area contributed by atoms with Crippen LogP contribution >= 0.6 is 0 Å². The van der Waals surface area contributed by atoms with Crippen molar-refractivity contribution in [2.45, 2.75) is 276 Å². The van der Waals surface area contributed by atoms with Crippen LogP contribution in [0.1, 0.15) is 239 Å². The van der Waals surface area contributed by atoms with Gasteiger partial charge in [-0.25, -0.2) is 4.79 Å². The number of aliphatic hydroxyl groups excluding tert-OH is 2. The van der Waals surface area contributed by atoms with Crippen molar-refractivity contribution < 1.29 is 58.2 Å². The first-order valence-corrected chi connectivity index (χ1v) is 28.9. The molecule has 12 nitrogen and oxygen atoms in total. The fourth-order valence-corrected chi connectivity index (χ4v) is 8.35. The highest BCUT2D eigenvalue weighted by Crippen LogP contribution is 2.26. The second kappa shape index (κ2) is 49.1. The third-order valence-electron chi connectivity index (χ3n) is 12.8. The first-order chi connectivity index (χ1) is 35.6. The number of hydrogen-bond acceptors (Lipinski definition) is 11. The molecule has 6 atom stereocenters. The molecule has 0 bridgehead atoms. The lowest BCUT2D eigenvalue weighted by Gasteiger charge is -2.40. The van der Waals surface area contributed by atoms with E-state index in [0.717, 1.165) is 103 Å². The lowest BCUT2D eigenvalue weighted by Crippen LogP contribution is -2.61. The minimum absolute atomic E-state index is 0.0442. The van der Waals surface area contributed by atoms with Gasteiger partial charge in [-0.2, -0.15) is 0 Å². The van der Waals surface area contributed by atoms with E-state index in [-0.39, 0.29) is 25.9 Å². The molecular weight excluding hydrogens is 925 g/mol. The van der Waals surface area contributed by atoms with E-state index in [9.17, 15) is 34.5 Å². The SMILES string of the molecule is CC/C=C\C/C=C\C/C=C\C/C=C\CCC(=O)OCC(COC1OC(C(=O)O)C(O)C(O)C1OC(=O)CCCCCCCCC/C=C\C/C=C\CCCCC)OC(=O)CCCCCCCCCCCCCCC. The lowest BCUT2D eigenvalue weighted by atomic mass is 9.98. The van der Waals surface area contributed by atoms with E-state index in [1.807, 2.05) is 12.2 Å². The maximum Gasteiger partial charge on any atom is 0.335 e. The van der Waals surface area contributed by atoms with Crippen molar-refractivity contribution in [2.24, 2.45) is 0 Å². The quantitative estimate of drug-likeness (QED) is 0.0228. The molecule has 0 saturated carbocycles. The standard InChI is InChI=1S/C61H102O12/c1-4-7-10-13-16-19-22-25-26-27-28-31-34-37-40-43-46-49-55(64)72-59-57(66)56(65)58(60(67)68)73-61(59)70-51-52(71-54(63)48-45-42-39-36-33-30-24-21-18-15-12-9-6-3)50-69-53(62)47-44-41-38-35-32-29-23-20-17-14-11-8-5-2/h8,11,16-17,19-20,25-26,29,32,38,41,52,56-59,61,65-66H,4-7,9-10,12-15,18,21-24,27-28,30-31,33-37,39-40,42-51H2,1-3H3,(H,67,68)/b11-8-,19-16-,20-17-,26-25-,32-29-,41-38-. The van der Waals surface area contributed by atoms with Gasteiger partial charge < -0.3 is 39.0 Å². The van der Waals surface area contributed by atoms with Crippen molar-refractivity contribution >= 4 is 23.9 Å². The zero-order valence-electron chi connectivity index (χ0n) is 45.9. The van der Waals surface area contributed by atoms with Crippen LogP contribution in [-0.2, 0) is 42.9 Å². The number of carboxylic acids is 1. The lowest BCUT2D eigenvalue weighted by molar-refractivity contribution is -0.301. The van der Waals surface area contributed by atoms with E-state index < -0.39 is 67.3 Å². The summed E-state index contributed by atoms with van der Waals surface area (Å²) in [6.45, 7) is 5.78. The van der Waals surface area contributed by atoms with Crippen molar-refractivity contribution in [1.29, 1.82) is 0 Å². The second-order valence-electron chi connectivity index (χ2n) is 19.5. The number of esters is 3. The van der Waals surface area contributed by atoms with E-state index in [0.29, 0.717) is 19.3 Å². The number of rotatable bonds is 48. The minimum atomic E-state index is -1.91. The number of carbonyl (C=O) groups excluding carboxylic acids is 3. The molecule has 0 aromatic rings. The molecule has 1 heterocycles. The van der Waals surface area contributed by atoms with Gasteiger partial charge >= 0.3 is 23.9 Å². The van der Waals surface area contributed by atoms with E-state index >= 15 is 0 Å². The van der Waals surface area contributed by atoms with Crippen molar-refractivity contribution in [3.63, 3.8) is 0 Å². The Morgan fingerprint density at radius 1 is 0.466 bits per heavy atom. The van der Waals surface area contributed by atoms with E-state index in [1.54, 1.807) is 0 Å². The van der Waals surface area contributed by atoms with Gasteiger partial charge in [0.15, 0.2) is 24.6 Å². The molecular formula is C61H102O12. The van der Waals surface area contributed by atoms with E-state index in [2.05, 4.69) is 81.5 Å². The summed E-state index contributed by atoms with van der Waals surface area (Å²) < 4.78 is 28.3. The third-order valence-corrected chi connectivity index (χ3v) is 12.8. The summed E-state index contributed by atoms with van der Waals surface area (Å²) in [7, 11) is 0. The zero-order valence-corrected chi connectivity index (χ0v) is 45.9. The number of ether oxygens (including phenoxy) is 5. The number of hydrogen-bond donors (Lipinski definition) is 3. The summed E-state index contributed by atoms with van der Waals surface area (Å²) in [5.74, 6) is -3.23. The van der Waals surface area contributed by atoms with Crippen molar-refractivity contribution in [3.05, 3.63) is 72.9 Å². The number of aliphatic carboxylic acids is 1. The summed E-state index contributed by atoms with van der Waals surface area (Å²) in [6, 6.07) is 0. The molecule has 0 aromatic carbocycles. The van der Waals surface area contributed by atoms with Gasteiger partial charge in [-0.15, -0.1) is 0 Å². The van der Waals surface area contributed by atoms with Gasteiger partial charge in [0, 0.05) is 19.3 Å². The second-order valence-corrected chi connectivity index (χ2v) is 19.5. The van der Waals surface area contributed by atoms with Crippen molar-refractivity contribution in [3.8, 4) is 0 Å². The Hall–Kier alpha value is -3.84. The van der Waals surface area contributed by atoms with Gasteiger partial charge in [0.25, 0.3) is 0 Å². The van der Waals surface area contributed by atoms with Crippen molar-refractivity contribution in [2.75, 3.05) is 13.2 Å². The molecule has 12 heteroatoms. The molecule has 1 saturated heterocycles. The van der Waals surface area contributed by atoms with Crippen LogP contribution in [0.2, 0.25) is 0 Å². The highest BCUT2D eigenvalue weighted by molar-refractivity contribution is 5.74. The van der Waals surface area contributed by atoms with E-state index in [4.69, 9.17) is 23.7 Å². The van der Waals surface area contributed by atoms with Gasteiger partial charge in [0.1, 0.15) is 18.8 Å². The molecule has 73 heavy (non-hydrogen) atoms. The Bertz CT molecular complexity index is 1550. The Morgan fingerprint density at radius 2 is 0.890 bits per heavy atom. The highest BCUT2D eigenvalue weighted by Gasteiger charge is 2.50. The Morgan fingerprint density at radius 3 is 1.40 bits per heavy atom. The van der Waals surface area contributed by atoms with Crippen LogP contribution < -0.4 is 0 Å². The first kappa shape index (κ1) is 67.2. The van der Waals surface area contributed by atoms with Crippen LogP contribution in [0, 0.1) is 0 Å². The summed E-state index contributed by atoms with van der Waals surface area (Å²) in [5.41, 5.74) is 0. The predicted molar refractivity (Wildman–Crippen MR) is 294 cm³/mol. The van der Waals surface area contributed by atoms with E-state index in [1.165, 1.54) is 77.0 Å². The Labute approximate surface area is 442 Å². The number of allylic oxidation sites excluding steroid dienone is 12.